The highest BCUT2D eigenvalue weighted by Gasteiger charge is 2.18. The van der Waals surface area contributed by atoms with Crippen LogP contribution in [-0.2, 0) is 25.5 Å². The van der Waals surface area contributed by atoms with Crippen LogP contribution in [0.15, 0.2) is 30.3 Å². The zero-order valence-electron chi connectivity index (χ0n) is 16.3. The lowest BCUT2D eigenvalue weighted by atomic mass is 10.0. The predicted molar refractivity (Wildman–Crippen MR) is 101 cm³/mol. The first kappa shape index (κ1) is 24.0. The number of carboxylic acids is 1. The van der Waals surface area contributed by atoms with Crippen molar-refractivity contribution < 1.29 is 24.2 Å². The van der Waals surface area contributed by atoms with Gasteiger partial charge in [0.1, 0.15) is 6.04 Å². The molecule has 1 aromatic carbocycles. The molecule has 0 aliphatic rings. The van der Waals surface area contributed by atoms with Gasteiger partial charge in [0.15, 0.2) is 6.29 Å². The van der Waals surface area contributed by atoms with E-state index in [1.54, 1.807) is 14.2 Å². The molecule has 7 heteroatoms. The van der Waals surface area contributed by atoms with Crippen molar-refractivity contribution in [3.05, 3.63) is 35.9 Å². The Bertz CT molecular complexity index is 518. The fourth-order valence-electron chi connectivity index (χ4n) is 2.40. The summed E-state index contributed by atoms with van der Waals surface area (Å²) >= 11 is 0. The van der Waals surface area contributed by atoms with Crippen LogP contribution in [0.5, 0.6) is 0 Å². The molecule has 1 aromatic rings. The number of hydrogen-bond acceptors (Lipinski definition) is 5. The van der Waals surface area contributed by atoms with Crippen LogP contribution < -0.4 is 11.1 Å². The summed E-state index contributed by atoms with van der Waals surface area (Å²) in [6, 6.07) is 8.31. The molecule has 2 atom stereocenters. The molecule has 0 aromatic heterocycles. The molecule has 148 valence electrons. The fraction of sp³-hybridized carbons (Fsp3) is 0.579. The van der Waals surface area contributed by atoms with Gasteiger partial charge in [0.25, 0.3) is 0 Å². The van der Waals surface area contributed by atoms with E-state index in [0.717, 1.165) is 12.0 Å². The predicted octanol–water partition coefficient (Wildman–Crippen LogP) is 1.80. The Hall–Kier alpha value is -1.96. The van der Waals surface area contributed by atoms with E-state index in [-0.39, 0.29) is 18.2 Å². The van der Waals surface area contributed by atoms with Crippen molar-refractivity contribution in [3.8, 4) is 0 Å². The van der Waals surface area contributed by atoms with E-state index < -0.39 is 12.0 Å². The monoisotopic (exact) mass is 368 g/mol. The Morgan fingerprint density at radius 2 is 1.69 bits per heavy atom. The molecule has 26 heavy (non-hydrogen) atoms. The number of carbonyl (C=O) groups is 2. The summed E-state index contributed by atoms with van der Waals surface area (Å²) in [4.78, 5) is 21.6. The number of aliphatic carboxylic acids is 1. The molecular formula is C19H32N2O5. The number of rotatable bonds is 9. The Morgan fingerprint density at radius 1 is 1.15 bits per heavy atom. The highest BCUT2D eigenvalue weighted by atomic mass is 16.7. The van der Waals surface area contributed by atoms with Gasteiger partial charge in [-0.1, -0.05) is 44.2 Å². The third-order valence-electron chi connectivity index (χ3n) is 3.52. The van der Waals surface area contributed by atoms with Crippen molar-refractivity contribution in [2.24, 2.45) is 11.7 Å². The van der Waals surface area contributed by atoms with E-state index in [1.165, 1.54) is 6.92 Å². The van der Waals surface area contributed by atoms with Crippen LogP contribution in [0.3, 0.4) is 0 Å². The minimum atomic E-state index is -1.02. The Labute approximate surface area is 155 Å². The van der Waals surface area contributed by atoms with Gasteiger partial charge < -0.3 is 25.6 Å². The molecule has 0 fully saturated rings. The lowest BCUT2D eigenvalue weighted by Crippen LogP contribution is -2.41. The highest BCUT2D eigenvalue weighted by Crippen LogP contribution is 2.08. The number of carbonyl (C=O) groups excluding carboxylic acids is 1. The average Bonchev–Trinajstić information content (AvgIpc) is 2.56. The molecule has 1 rings (SSSR count). The van der Waals surface area contributed by atoms with Crippen molar-refractivity contribution in [1.29, 1.82) is 0 Å². The third-order valence-corrected chi connectivity index (χ3v) is 3.52. The largest absolute Gasteiger partial charge is 0.480 e. The van der Waals surface area contributed by atoms with E-state index >= 15 is 0 Å². The molecule has 0 saturated carbocycles. The second-order valence-corrected chi connectivity index (χ2v) is 6.41. The number of methoxy groups -OCH3 is 2. The number of nitrogens with two attached hydrogens (primary N) is 1. The second-order valence-electron chi connectivity index (χ2n) is 6.41. The molecule has 0 unspecified atom stereocenters. The number of carboxylic acid groups (broad SMARTS) is 1. The molecule has 4 N–H and O–H groups in total. The minimum Gasteiger partial charge on any atom is -0.480 e. The van der Waals surface area contributed by atoms with Crippen molar-refractivity contribution in [2.45, 2.75) is 52.0 Å². The number of hydrogen-bond donors (Lipinski definition) is 3. The minimum absolute atomic E-state index is 0.0231. The zero-order chi connectivity index (χ0) is 20.1. The molecule has 0 aliphatic heterocycles. The fourth-order valence-corrected chi connectivity index (χ4v) is 2.40. The summed E-state index contributed by atoms with van der Waals surface area (Å²) in [6.07, 6.45) is 0.958. The lowest BCUT2D eigenvalue weighted by molar-refractivity contribution is -0.141. The van der Waals surface area contributed by atoms with Crippen LogP contribution in [0.4, 0.5) is 0 Å². The van der Waals surface area contributed by atoms with Crippen LogP contribution in [-0.4, -0.2) is 49.6 Å². The van der Waals surface area contributed by atoms with E-state index in [4.69, 9.17) is 20.3 Å². The maximum Gasteiger partial charge on any atom is 0.326 e. The molecule has 0 heterocycles. The van der Waals surface area contributed by atoms with Crippen molar-refractivity contribution in [1.82, 2.24) is 5.32 Å². The van der Waals surface area contributed by atoms with E-state index in [1.807, 2.05) is 30.3 Å². The smallest absolute Gasteiger partial charge is 0.326 e. The molecular weight excluding hydrogens is 336 g/mol. The molecule has 0 spiro atoms. The summed E-state index contributed by atoms with van der Waals surface area (Å²) in [5.74, 6) is -0.773. The van der Waals surface area contributed by atoms with E-state index in [9.17, 15) is 9.59 Å². The maximum absolute atomic E-state index is 10.8. The topological polar surface area (TPSA) is 111 Å². The molecule has 1 amide bonds. The first-order valence-electron chi connectivity index (χ1n) is 8.56. The Balaban J connectivity index is 0.000000508. The average molecular weight is 368 g/mol. The number of nitrogens with one attached hydrogen (secondary N) is 1. The van der Waals surface area contributed by atoms with Crippen LogP contribution in [0.25, 0.3) is 0 Å². The van der Waals surface area contributed by atoms with Gasteiger partial charge in [-0.2, -0.15) is 0 Å². The summed E-state index contributed by atoms with van der Waals surface area (Å²) in [5, 5.41) is 11.3. The summed E-state index contributed by atoms with van der Waals surface area (Å²) in [5.41, 5.74) is 6.68. The van der Waals surface area contributed by atoms with Crippen LogP contribution >= 0.6 is 0 Å². The quantitative estimate of drug-likeness (QED) is 0.573. The van der Waals surface area contributed by atoms with Gasteiger partial charge in [-0.05, 0) is 17.9 Å². The molecule has 7 nitrogen and oxygen atoms in total. The van der Waals surface area contributed by atoms with E-state index in [2.05, 4.69) is 19.2 Å². The third kappa shape index (κ3) is 10.8. The van der Waals surface area contributed by atoms with Gasteiger partial charge in [0, 0.05) is 27.6 Å². The van der Waals surface area contributed by atoms with Crippen LogP contribution in [0.1, 0.15) is 32.8 Å². The summed E-state index contributed by atoms with van der Waals surface area (Å²) in [6.45, 7) is 5.56. The molecule has 0 aliphatic carbocycles. The van der Waals surface area contributed by atoms with E-state index in [0.29, 0.717) is 12.3 Å². The lowest BCUT2D eigenvalue weighted by Gasteiger charge is -2.22. The second kappa shape index (κ2) is 13.3. The van der Waals surface area contributed by atoms with Crippen LogP contribution in [0.2, 0.25) is 0 Å². The van der Waals surface area contributed by atoms with Gasteiger partial charge in [-0.3, -0.25) is 4.79 Å². The van der Waals surface area contributed by atoms with Gasteiger partial charge in [0.2, 0.25) is 5.91 Å². The SMILES string of the molecule is CC(=O)N[C@H](Cc1ccccc1)C(=O)O.COC(OC)[C@@H](N)CC(C)C. The number of benzene rings is 1. The van der Waals surface area contributed by atoms with Gasteiger partial charge >= 0.3 is 5.97 Å². The Morgan fingerprint density at radius 3 is 2.08 bits per heavy atom. The highest BCUT2D eigenvalue weighted by molar-refractivity contribution is 5.82. The number of ether oxygens (including phenoxy) is 2. The summed E-state index contributed by atoms with van der Waals surface area (Å²) in [7, 11) is 3.21. The number of amides is 1. The van der Waals surface area contributed by atoms with Crippen molar-refractivity contribution in [3.63, 3.8) is 0 Å². The first-order chi connectivity index (χ1) is 12.2. The van der Waals surface area contributed by atoms with Gasteiger partial charge in [-0.15, -0.1) is 0 Å². The molecule has 0 bridgehead atoms. The first-order valence-corrected chi connectivity index (χ1v) is 8.56. The molecule has 0 saturated heterocycles. The van der Waals surface area contributed by atoms with Crippen molar-refractivity contribution in [2.75, 3.05) is 14.2 Å². The Kier molecular flexibility index (Phi) is 12.3. The van der Waals surface area contributed by atoms with Crippen molar-refractivity contribution >= 4 is 11.9 Å². The van der Waals surface area contributed by atoms with Gasteiger partial charge in [0.05, 0.1) is 6.04 Å². The van der Waals surface area contributed by atoms with Crippen LogP contribution in [0, 0.1) is 5.92 Å². The summed E-state index contributed by atoms with van der Waals surface area (Å²) < 4.78 is 10.0. The maximum atomic E-state index is 10.8. The molecule has 0 radical (unpaired) electrons. The van der Waals surface area contributed by atoms with Gasteiger partial charge in [-0.25, -0.2) is 4.79 Å². The normalized spacial score (nSPS) is 12.9. The standard InChI is InChI=1S/C11H13NO3.C8H19NO2/c1-8(13)12-10(11(14)15)7-9-5-3-2-4-6-9;1-6(2)5-7(9)8(10-3)11-4/h2-6,10H,7H2,1H3,(H,12,13)(H,14,15);6-8H,5,9H2,1-4H3/t10-;7-/m10/s1. The zero-order valence-corrected chi connectivity index (χ0v) is 16.3.